The number of fused-ring (bicyclic) bond motifs is 1. The molecule has 1 saturated carbocycles. The van der Waals surface area contributed by atoms with E-state index in [1.54, 1.807) is 17.0 Å². The highest BCUT2D eigenvalue weighted by Crippen LogP contribution is 2.41. The average molecular weight is 512 g/mol. The monoisotopic (exact) mass is 512 g/mol. The Hall–Kier alpha value is -4.35. The fraction of sp³-hybridized carbons (Fsp3) is 0.320. The fourth-order valence-electron chi connectivity index (χ4n) is 4.71. The molecule has 1 saturated heterocycles. The molecule has 2 aliphatic rings. The van der Waals surface area contributed by atoms with Gasteiger partial charge in [-0.1, -0.05) is 12.1 Å². The van der Waals surface area contributed by atoms with Crippen molar-refractivity contribution in [2.24, 2.45) is 10.9 Å². The topological polar surface area (TPSA) is 127 Å². The van der Waals surface area contributed by atoms with Crippen LogP contribution in [0.15, 0.2) is 46.3 Å². The minimum absolute atomic E-state index is 0.00131. The number of nitrogens with zero attached hydrogens (tertiary/aromatic N) is 4. The third kappa shape index (κ3) is 4.86. The largest absolute Gasteiger partial charge is 0.511 e. The summed E-state index contributed by atoms with van der Waals surface area (Å²) in [5.41, 5.74) is -0.662. The molecule has 3 aromatic rings. The molecule has 2 aromatic carbocycles. The van der Waals surface area contributed by atoms with Crippen LogP contribution in [0.2, 0.25) is 0 Å². The van der Waals surface area contributed by atoms with E-state index in [1.807, 2.05) is 0 Å². The number of hydrogen-bond acceptors (Lipinski definition) is 7. The van der Waals surface area contributed by atoms with E-state index >= 15 is 8.78 Å². The summed E-state index contributed by atoms with van der Waals surface area (Å²) in [6, 6.07) is 6.88. The van der Waals surface area contributed by atoms with Gasteiger partial charge in [-0.05, 0) is 36.8 Å². The Labute approximate surface area is 208 Å². The first kappa shape index (κ1) is 24.3. The number of carboxylic acid groups (broad SMARTS) is 1. The number of aliphatic imine (C=N–C) groups is 1. The molecule has 2 heterocycles. The van der Waals surface area contributed by atoms with Gasteiger partial charge in [0.25, 0.3) is 5.69 Å². The Balaban J connectivity index is 1.40. The first-order valence-electron chi connectivity index (χ1n) is 11.7. The lowest BCUT2D eigenvalue weighted by molar-refractivity contribution is -0.384. The molecule has 1 aromatic heterocycles. The Morgan fingerprint density at radius 3 is 2.76 bits per heavy atom. The van der Waals surface area contributed by atoms with Gasteiger partial charge in [0.2, 0.25) is 5.43 Å². The number of non-ortho nitro benzene ring substituents is 1. The van der Waals surface area contributed by atoms with Crippen molar-refractivity contribution in [3.8, 4) is 5.75 Å². The Bertz CT molecular complexity index is 1500. The minimum atomic E-state index is -1.69. The van der Waals surface area contributed by atoms with Gasteiger partial charge >= 0.3 is 6.16 Å². The standard InChI is InChI=1S/C25H22F2N4O6/c26-19-9-18-22(30(16-4-5-16)13-20(24(18)32)37-25(33)34)21(27)23(19)29-7-6-15(12-29)11-28-10-14-2-1-3-17(8-14)31(35)36/h1-3,8-10,13,15-16H,4-7,11-12H2,(H,33,34). The highest BCUT2D eigenvalue weighted by Gasteiger charge is 2.32. The Kier molecular flexibility index (Phi) is 6.32. The molecule has 12 heteroatoms. The molecule has 0 bridgehead atoms. The first-order valence-corrected chi connectivity index (χ1v) is 11.7. The normalized spacial score (nSPS) is 17.6. The van der Waals surface area contributed by atoms with Crippen LogP contribution in [0.1, 0.15) is 30.9 Å². The van der Waals surface area contributed by atoms with E-state index < -0.39 is 33.9 Å². The van der Waals surface area contributed by atoms with Gasteiger partial charge in [0.05, 0.1) is 22.0 Å². The second-order valence-corrected chi connectivity index (χ2v) is 9.19. The van der Waals surface area contributed by atoms with E-state index in [2.05, 4.69) is 9.73 Å². The molecule has 5 rings (SSSR count). The number of ether oxygens (including phenoxy) is 1. The lowest BCUT2D eigenvalue weighted by Gasteiger charge is -2.22. The maximum atomic E-state index is 15.8. The van der Waals surface area contributed by atoms with Gasteiger partial charge < -0.3 is 19.3 Å². The summed E-state index contributed by atoms with van der Waals surface area (Å²) >= 11 is 0. The summed E-state index contributed by atoms with van der Waals surface area (Å²) in [5, 5.41) is 19.6. The quantitative estimate of drug-likeness (QED) is 0.213. The number of halogens is 2. The maximum absolute atomic E-state index is 15.8. The Morgan fingerprint density at radius 1 is 1.27 bits per heavy atom. The van der Waals surface area contributed by atoms with Gasteiger partial charge in [-0.3, -0.25) is 19.9 Å². The predicted molar refractivity (Wildman–Crippen MR) is 131 cm³/mol. The molecule has 2 fully saturated rings. The number of hydrogen-bond donors (Lipinski definition) is 1. The first-order chi connectivity index (χ1) is 17.7. The highest BCUT2D eigenvalue weighted by molar-refractivity contribution is 5.86. The van der Waals surface area contributed by atoms with Gasteiger partial charge in [0.15, 0.2) is 11.6 Å². The van der Waals surface area contributed by atoms with E-state index in [0.29, 0.717) is 44.5 Å². The molecule has 0 amide bonds. The van der Waals surface area contributed by atoms with Gasteiger partial charge in [-0.25, -0.2) is 13.6 Å². The van der Waals surface area contributed by atoms with Crippen molar-refractivity contribution in [1.82, 2.24) is 4.57 Å². The fourth-order valence-corrected chi connectivity index (χ4v) is 4.71. The zero-order valence-electron chi connectivity index (χ0n) is 19.5. The van der Waals surface area contributed by atoms with Crippen LogP contribution in [0.25, 0.3) is 10.9 Å². The minimum Gasteiger partial charge on any atom is -0.449 e. The van der Waals surface area contributed by atoms with Crippen LogP contribution in [0, 0.1) is 27.7 Å². The second kappa shape index (κ2) is 9.60. The van der Waals surface area contributed by atoms with Crippen molar-refractivity contribution in [3.05, 3.63) is 74.1 Å². The van der Waals surface area contributed by atoms with Crippen LogP contribution in [0.3, 0.4) is 0 Å². The smallest absolute Gasteiger partial charge is 0.449 e. The lowest BCUT2D eigenvalue weighted by atomic mass is 10.1. The Morgan fingerprint density at radius 2 is 2.05 bits per heavy atom. The highest BCUT2D eigenvalue weighted by atomic mass is 19.1. The van der Waals surface area contributed by atoms with Crippen molar-refractivity contribution in [3.63, 3.8) is 0 Å². The number of rotatable bonds is 7. The summed E-state index contributed by atoms with van der Waals surface area (Å²) in [5.74, 6) is -2.29. The molecule has 1 aliphatic heterocycles. The predicted octanol–water partition coefficient (Wildman–Crippen LogP) is 4.53. The maximum Gasteiger partial charge on any atom is 0.511 e. The summed E-state index contributed by atoms with van der Waals surface area (Å²) in [6.07, 6.45) is 3.09. The summed E-state index contributed by atoms with van der Waals surface area (Å²) in [4.78, 5) is 40.1. The third-order valence-corrected chi connectivity index (χ3v) is 6.58. The summed E-state index contributed by atoms with van der Waals surface area (Å²) in [7, 11) is 0. The second-order valence-electron chi connectivity index (χ2n) is 9.19. The molecular weight excluding hydrogens is 490 g/mol. The van der Waals surface area contributed by atoms with Crippen LogP contribution in [-0.2, 0) is 0 Å². The van der Waals surface area contributed by atoms with Crippen molar-refractivity contribution in [2.75, 3.05) is 24.5 Å². The van der Waals surface area contributed by atoms with E-state index in [1.165, 1.54) is 29.1 Å². The van der Waals surface area contributed by atoms with Gasteiger partial charge in [0, 0.05) is 44.0 Å². The zero-order valence-corrected chi connectivity index (χ0v) is 19.5. The number of anilines is 1. The van der Waals surface area contributed by atoms with Crippen molar-refractivity contribution in [1.29, 1.82) is 0 Å². The number of pyridine rings is 1. The number of aromatic nitrogens is 1. The number of nitro benzene ring substituents is 1. The number of benzene rings is 2. The third-order valence-electron chi connectivity index (χ3n) is 6.58. The van der Waals surface area contributed by atoms with E-state index in [0.717, 1.165) is 6.07 Å². The SMILES string of the molecule is O=C(O)Oc1cn(C2CC2)c2c(F)c(N3CCC(CN=Cc4cccc([N+](=O)[O-])c4)C3)c(F)cc2c1=O. The van der Waals surface area contributed by atoms with Crippen LogP contribution >= 0.6 is 0 Å². The molecule has 10 nitrogen and oxygen atoms in total. The molecule has 37 heavy (non-hydrogen) atoms. The van der Waals surface area contributed by atoms with Gasteiger partial charge in [-0.2, -0.15) is 0 Å². The van der Waals surface area contributed by atoms with E-state index in [9.17, 15) is 19.7 Å². The molecule has 1 N–H and O–H groups in total. The van der Waals surface area contributed by atoms with Crippen LogP contribution in [0.4, 0.5) is 25.0 Å². The van der Waals surface area contributed by atoms with Crippen LogP contribution in [-0.4, -0.2) is 46.6 Å². The average Bonchev–Trinajstić information content (AvgIpc) is 3.60. The number of carbonyl (C=O) groups is 1. The van der Waals surface area contributed by atoms with E-state index in [-0.39, 0.29) is 34.2 Å². The summed E-state index contributed by atoms with van der Waals surface area (Å²) in [6.45, 7) is 1.09. The van der Waals surface area contributed by atoms with Gasteiger partial charge in [0.1, 0.15) is 11.5 Å². The molecule has 1 atom stereocenters. The van der Waals surface area contributed by atoms with Crippen molar-refractivity contribution < 1.29 is 28.3 Å². The molecular formula is C25H22F2N4O6. The van der Waals surface area contributed by atoms with E-state index in [4.69, 9.17) is 5.11 Å². The summed E-state index contributed by atoms with van der Waals surface area (Å²) < 4.78 is 37.0. The van der Waals surface area contributed by atoms with Crippen molar-refractivity contribution in [2.45, 2.75) is 25.3 Å². The van der Waals surface area contributed by atoms with Crippen LogP contribution < -0.4 is 15.1 Å². The molecule has 192 valence electrons. The molecule has 1 unspecified atom stereocenters. The van der Waals surface area contributed by atoms with Gasteiger partial charge in [-0.15, -0.1) is 0 Å². The number of nitro groups is 1. The lowest BCUT2D eigenvalue weighted by Crippen LogP contribution is -2.24. The molecule has 1 aliphatic carbocycles. The molecule has 0 spiro atoms. The zero-order chi connectivity index (χ0) is 26.3. The van der Waals surface area contributed by atoms with Crippen LogP contribution in [0.5, 0.6) is 5.75 Å². The van der Waals surface area contributed by atoms with Crippen molar-refractivity contribution >= 4 is 34.6 Å². The molecule has 0 radical (unpaired) electrons.